The molecule has 5 rings (SSSR count). The molecule has 9 nitrogen and oxygen atoms in total. The molecule has 1 aliphatic rings. The fraction of sp³-hybridized carbons (Fsp3) is 0.423. The first-order valence-electron chi connectivity index (χ1n) is 11.9. The van der Waals surface area contributed by atoms with Gasteiger partial charge in [0, 0.05) is 30.8 Å². The maximum absolute atomic E-state index is 12.4. The van der Waals surface area contributed by atoms with Crippen LogP contribution in [0.2, 0.25) is 0 Å². The van der Waals surface area contributed by atoms with E-state index in [0.717, 1.165) is 40.9 Å². The number of methoxy groups -OCH3 is 1. The minimum absolute atomic E-state index is 0.243. The first kappa shape index (κ1) is 23.0. The fourth-order valence-electron chi connectivity index (χ4n) is 4.43. The van der Waals surface area contributed by atoms with Gasteiger partial charge in [0.1, 0.15) is 5.60 Å². The molecule has 0 atom stereocenters. The van der Waals surface area contributed by atoms with E-state index in [0.29, 0.717) is 36.1 Å². The SMILES string of the molecule is COc1cc2nc(C)cn2nc1-c1ccc2nc(C3CCN(C(=O)OC(C)(C)C)CC3)ccc2n1. The molecular weight excluding hydrogens is 444 g/mol. The number of nitrogens with zero attached hydrogens (tertiary/aromatic N) is 6. The molecule has 0 spiro atoms. The van der Waals surface area contributed by atoms with E-state index >= 15 is 0 Å². The lowest BCUT2D eigenvalue weighted by Crippen LogP contribution is -2.41. The Labute approximate surface area is 204 Å². The number of hydrogen-bond donors (Lipinski definition) is 0. The fourth-order valence-corrected chi connectivity index (χ4v) is 4.43. The number of imidazole rings is 1. The van der Waals surface area contributed by atoms with Gasteiger partial charge in [0.2, 0.25) is 0 Å². The summed E-state index contributed by atoms with van der Waals surface area (Å²) in [6.07, 6.45) is 3.34. The monoisotopic (exact) mass is 474 g/mol. The van der Waals surface area contributed by atoms with Crippen molar-refractivity contribution in [3.05, 3.63) is 47.9 Å². The van der Waals surface area contributed by atoms with E-state index in [4.69, 9.17) is 19.4 Å². The molecule has 0 bridgehead atoms. The van der Waals surface area contributed by atoms with E-state index in [-0.39, 0.29) is 6.09 Å². The van der Waals surface area contributed by atoms with Crippen LogP contribution in [0, 0.1) is 6.92 Å². The average Bonchev–Trinajstić information content (AvgIpc) is 3.20. The van der Waals surface area contributed by atoms with Crippen molar-refractivity contribution >= 4 is 22.8 Å². The van der Waals surface area contributed by atoms with Crippen LogP contribution in [0.1, 0.15) is 50.9 Å². The molecule has 0 aromatic carbocycles. The highest BCUT2D eigenvalue weighted by atomic mass is 16.6. The van der Waals surface area contributed by atoms with Crippen LogP contribution in [0.5, 0.6) is 5.75 Å². The maximum Gasteiger partial charge on any atom is 0.410 e. The Morgan fingerprint density at radius 2 is 1.74 bits per heavy atom. The Balaban J connectivity index is 1.36. The third-order valence-corrected chi connectivity index (χ3v) is 6.13. The second kappa shape index (κ2) is 8.79. The van der Waals surface area contributed by atoms with E-state index < -0.39 is 5.60 Å². The second-order valence-corrected chi connectivity index (χ2v) is 9.96. The van der Waals surface area contributed by atoms with Gasteiger partial charge in [-0.2, -0.15) is 5.10 Å². The highest BCUT2D eigenvalue weighted by molar-refractivity contribution is 5.79. The van der Waals surface area contributed by atoms with Crippen molar-refractivity contribution in [1.82, 2.24) is 29.5 Å². The van der Waals surface area contributed by atoms with Crippen LogP contribution < -0.4 is 4.74 Å². The number of carbonyl (C=O) groups excluding carboxylic acids is 1. The summed E-state index contributed by atoms with van der Waals surface area (Å²) in [5.74, 6) is 0.919. The maximum atomic E-state index is 12.4. The molecule has 35 heavy (non-hydrogen) atoms. The summed E-state index contributed by atoms with van der Waals surface area (Å²) in [5, 5.41) is 4.68. The highest BCUT2D eigenvalue weighted by Gasteiger charge is 2.28. The predicted molar refractivity (Wildman–Crippen MR) is 133 cm³/mol. The van der Waals surface area contributed by atoms with E-state index in [1.165, 1.54) is 0 Å². The second-order valence-electron chi connectivity index (χ2n) is 9.96. The normalized spacial score (nSPS) is 15.1. The smallest absolute Gasteiger partial charge is 0.410 e. The molecule has 1 aliphatic heterocycles. The Morgan fingerprint density at radius 3 is 2.46 bits per heavy atom. The number of rotatable bonds is 3. The molecule has 0 aliphatic carbocycles. The van der Waals surface area contributed by atoms with Gasteiger partial charge in [-0.25, -0.2) is 19.3 Å². The van der Waals surface area contributed by atoms with Crippen molar-refractivity contribution in [1.29, 1.82) is 0 Å². The molecule has 1 saturated heterocycles. The molecular formula is C26H30N6O3. The zero-order chi connectivity index (χ0) is 24.7. The van der Waals surface area contributed by atoms with Crippen LogP contribution in [0.15, 0.2) is 36.5 Å². The topological polar surface area (TPSA) is 94.7 Å². The minimum atomic E-state index is -0.483. The lowest BCUT2D eigenvalue weighted by atomic mass is 9.93. The molecule has 1 amide bonds. The number of aryl methyl sites for hydroxylation is 1. The van der Waals surface area contributed by atoms with Crippen molar-refractivity contribution in [3.63, 3.8) is 0 Å². The zero-order valence-corrected chi connectivity index (χ0v) is 20.8. The van der Waals surface area contributed by atoms with Gasteiger partial charge in [0.05, 0.1) is 35.7 Å². The van der Waals surface area contributed by atoms with E-state index in [1.54, 1.807) is 16.5 Å². The number of likely N-dealkylation sites (tertiary alicyclic amines) is 1. The minimum Gasteiger partial charge on any atom is -0.494 e. The molecule has 0 N–H and O–H groups in total. The van der Waals surface area contributed by atoms with Gasteiger partial charge >= 0.3 is 6.09 Å². The van der Waals surface area contributed by atoms with Gasteiger partial charge in [-0.3, -0.25) is 4.98 Å². The molecule has 1 fully saturated rings. The Hall–Kier alpha value is -3.75. The number of fused-ring (bicyclic) bond motifs is 2. The number of ether oxygens (including phenoxy) is 2. The van der Waals surface area contributed by atoms with Gasteiger partial charge < -0.3 is 14.4 Å². The number of aromatic nitrogens is 5. The van der Waals surface area contributed by atoms with Gasteiger partial charge in [-0.05, 0) is 64.8 Å². The van der Waals surface area contributed by atoms with E-state index in [9.17, 15) is 4.79 Å². The Kier molecular flexibility index (Phi) is 5.78. The zero-order valence-electron chi connectivity index (χ0n) is 20.8. The summed E-state index contributed by atoms with van der Waals surface area (Å²) in [6.45, 7) is 8.92. The van der Waals surface area contributed by atoms with Crippen LogP contribution in [0.3, 0.4) is 0 Å². The molecule has 9 heteroatoms. The third kappa shape index (κ3) is 4.76. The van der Waals surface area contributed by atoms with Crippen molar-refractivity contribution in [3.8, 4) is 17.1 Å². The predicted octanol–water partition coefficient (Wildman–Crippen LogP) is 4.77. The van der Waals surface area contributed by atoms with Gasteiger partial charge in [-0.1, -0.05) is 0 Å². The largest absolute Gasteiger partial charge is 0.494 e. The number of amides is 1. The number of carbonyl (C=O) groups is 1. The molecule has 5 heterocycles. The van der Waals surface area contributed by atoms with Crippen molar-refractivity contribution < 1.29 is 14.3 Å². The standard InChI is InChI=1S/C26H30N6O3/c1-16-15-32-23(27-16)14-22(34-5)24(30-32)21-9-8-19-20(29-21)7-6-18(28-19)17-10-12-31(13-11-17)25(33)35-26(2,3)4/h6-9,14-15,17H,10-13H2,1-5H3. The molecule has 182 valence electrons. The summed E-state index contributed by atoms with van der Waals surface area (Å²) in [5.41, 5.74) is 5.15. The van der Waals surface area contributed by atoms with E-state index in [1.807, 2.05) is 64.2 Å². The quantitative estimate of drug-likeness (QED) is 0.422. The summed E-state index contributed by atoms with van der Waals surface area (Å²) in [6, 6.07) is 9.81. The highest BCUT2D eigenvalue weighted by Crippen LogP contribution is 2.31. The molecule has 4 aromatic rings. The Morgan fingerprint density at radius 1 is 1.03 bits per heavy atom. The van der Waals surface area contributed by atoms with Crippen molar-refractivity contribution in [2.45, 2.75) is 52.1 Å². The number of pyridine rings is 2. The summed E-state index contributed by atoms with van der Waals surface area (Å²) < 4.78 is 12.8. The first-order chi connectivity index (χ1) is 16.7. The molecule has 0 unspecified atom stereocenters. The van der Waals surface area contributed by atoms with Crippen molar-refractivity contribution in [2.75, 3.05) is 20.2 Å². The number of hydrogen-bond acceptors (Lipinski definition) is 7. The average molecular weight is 475 g/mol. The van der Waals surface area contributed by atoms with Gasteiger partial charge in [0.15, 0.2) is 17.1 Å². The van der Waals surface area contributed by atoms with Gasteiger partial charge in [-0.15, -0.1) is 0 Å². The third-order valence-electron chi connectivity index (χ3n) is 6.13. The summed E-state index contributed by atoms with van der Waals surface area (Å²) in [7, 11) is 1.62. The lowest BCUT2D eigenvalue weighted by Gasteiger charge is -2.33. The molecule has 0 radical (unpaired) electrons. The number of piperidine rings is 1. The van der Waals surface area contributed by atoms with Crippen LogP contribution >= 0.6 is 0 Å². The van der Waals surface area contributed by atoms with Gasteiger partial charge in [0.25, 0.3) is 0 Å². The summed E-state index contributed by atoms with van der Waals surface area (Å²) >= 11 is 0. The molecule has 4 aromatic heterocycles. The van der Waals surface area contributed by atoms with Crippen LogP contribution in [-0.4, -0.2) is 61.4 Å². The van der Waals surface area contributed by atoms with E-state index in [2.05, 4.69) is 10.1 Å². The van der Waals surface area contributed by atoms with Crippen LogP contribution in [0.4, 0.5) is 4.79 Å². The van der Waals surface area contributed by atoms with Crippen molar-refractivity contribution in [2.24, 2.45) is 0 Å². The van der Waals surface area contributed by atoms with Crippen LogP contribution in [0.25, 0.3) is 28.1 Å². The molecule has 0 saturated carbocycles. The van der Waals surface area contributed by atoms with Crippen LogP contribution in [-0.2, 0) is 4.74 Å². The summed E-state index contributed by atoms with van der Waals surface area (Å²) in [4.78, 5) is 28.3. The lowest BCUT2D eigenvalue weighted by molar-refractivity contribution is 0.0204. The Bertz CT molecular complexity index is 1400. The first-order valence-corrected chi connectivity index (χ1v) is 11.9.